The molecule has 0 aromatic heterocycles. The Hall–Kier alpha value is -0.610. The maximum absolute atomic E-state index is 11.1. The summed E-state index contributed by atoms with van der Waals surface area (Å²) in [6.07, 6.45) is 8.35. The van der Waals surface area contributed by atoms with E-state index in [-0.39, 0.29) is 11.6 Å². The minimum Gasteiger partial charge on any atom is -0.469 e. The van der Waals surface area contributed by atoms with Crippen LogP contribution in [0, 0.1) is 0 Å². The van der Waals surface area contributed by atoms with E-state index in [1.807, 2.05) is 7.05 Å². The molecule has 18 heavy (non-hydrogen) atoms. The minimum absolute atomic E-state index is 0.138. The zero-order valence-corrected chi connectivity index (χ0v) is 11.6. The van der Waals surface area contributed by atoms with Gasteiger partial charge in [0.1, 0.15) is 0 Å². The first-order valence-corrected chi connectivity index (χ1v) is 7.07. The molecule has 104 valence electrons. The Kier molecular flexibility index (Phi) is 4.62. The molecule has 0 aromatic rings. The molecule has 0 bridgehead atoms. The number of esters is 1. The topological polar surface area (TPSA) is 38.8 Å². The van der Waals surface area contributed by atoms with Gasteiger partial charge < -0.3 is 14.4 Å². The van der Waals surface area contributed by atoms with Crippen molar-refractivity contribution in [1.29, 1.82) is 0 Å². The lowest BCUT2D eigenvalue weighted by atomic mass is 9.98. The third-order valence-corrected chi connectivity index (χ3v) is 4.29. The van der Waals surface area contributed by atoms with Crippen LogP contribution in [0.5, 0.6) is 0 Å². The molecule has 1 saturated carbocycles. The highest BCUT2D eigenvalue weighted by atomic mass is 16.5. The van der Waals surface area contributed by atoms with E-state index in [1.165, 1.54) is 45.6 Å². The molecular formula is C14H25NO3. The van der Waals surface area contributed by atoms with E-state index in [1.54, 1.807) is 0 Å². The second-order valence-corrected chi connectivity index (χ2v) is 5.76. The van der Waals surface area contributed by atoms with E-state index in [0.29, 0.717) is 12.5 Å². The quantitative estimate of drug-likeness (QED) is 0.704. The van der Waals surface area contributed by atoms with Gasteiger partial charge in [-0.2, -0.15) is 0 Å². The number of carbonyl (C=O) groups excluding carboxylic acids is 1. The van der Waals surface area contributed by atoms with E-state index < -0.39 is 0 Å². The van der Waals surface area contributed by atoms with Crippen molar-refractivity contribution >= 4 is 5.97 Å². The van der Waals surface area contributed by atoms with Gasteiger partial charge >= 0.3 is 5.97 Å². The Balaban J connectivity index is 1.69. The van der Waals surface area contributed by atoms with Crippen molar-refractivity contribution in [2.45, 2.75) is 56.7 Å². The third kappa shape index (κ3) is 3.45. The first kappa shape index (κ1) is 13.8. The van der Waals surface area contributed by atoms with E-state index in [2.05, 4.69) is 9.64 Å². The van der Waals surface area contributed by atoms with Gasteiger partial charge in [-0.15, -0.1) is 0 Å². The van der Waals surface area contributed by atoms with Crippen LogP contribution in [0.25, 0.3) is 0 Å². The molecule has 0 aromatic carbocycles. The normalized spacial score (nSPS) is 26.1. The predicted molar refractivity (Wildman–Crippen MR) is 69.4 cm³/mol. The molecule has 2 fully saturated rings. The summed E-state index contributed by atoms with van der Waals surface area (Å²) in [6, 6.07) is 0. The standard InChI is InChI=1S/C14H25NO3/c1-15(10-6-13(16)17-2)11-12-5-9-14(18-12)7-3-4-8-14/h12H,3-11H2,1-2H3. The Bertz CT molecular complexity index is 287. The summed E-state index contributed by atoms with van der Waals surface area (Å²) in [5, 5.41) is 0. The molecule has 1 spiro atoms. The number of methoxy groups -OCH3 is 1. The summed E-state index contributed by atoms with van der Waals surface area (Å²) in [6.45, 7) is 1.68. The summed E-state index contributed by atoms with van der Waals surface area (Å²) in [5.41, 5.74) is 0.216. The van der Waals surface area contributed by atoms with Gasteiger partial charge in [0, 0.05) is 13.1 Å². The van der Waals surface area contributed by atoms with E-state index in [4.69, 9.17) is 4.74 Å². The molecule has 1 heterocycles. The lowest BCUT2D eigenvalue weighted by molar-refractivity contribution is -0.141. The highest BCUT2D eigenvalue weighted by molar-refractivity contribution is 5.69. The van der Waals surface area contributed by atoms with Crippen LogP contribution in [-0.4, -0.2) is 49.8 Å². The first-order chi connectivity index (χ1) is 8.63. The number of ether oxygens (including phenoxy) is 2. The maximum atomic E-state index is 11.1. The van der Waals surface area contributed by atoms with Gasteiger partial charge in [0.15, 0.2) is 0 Å². The summed E-state index contributed by atoms with van der Waals surface area (Å²) >= 11 is 0. The Labute approximate surface area is 110 Å². The average molecular weight is 255 g/mol. The second-order valence-electron chi connectivity index (χ2n) is 5.76. The van der Waals surface area contributed by atoms with Crippen molar-refractivity contribution in [3.8, 4) is 0 Å². The zero-order valence-electron chi connectivity index (χ0n) is 11.6. The van der Waals surface area contributed by atoms with Crippen LogP contribution in [0.1, 0.15) is 44.9 Å². The van der Waals surface area contributed by atoms with Crippen molar-refractivity contribution < 1.29 is 14.3 Å². The van der Waals surface area contributed by atoms with Crippen molar-refractivity contribution in [2.24, 2.45) is 0 Å². The molecule has 1 saturated heterocycles. The second kappa shape index (κ2) is 6.02. The van der Waals surface area contributed by atoms with Crippen LogP contribution < -0.4 is 0 Å². The molecule has 1 aliphatic heterocycles. The highest BCUT2D eigenvalue weighted by Gasteiger charge is 2.42. The maximum Gasteiger partial charge on any atom is 0.306 e. The van der Waals surface area contributed by atoms with Gasteiger partial charge in [-0.1, -0.05) is 12.8 Å². The van der Waals surface area contributed by atoms with E-state index >= 15 is 0 Å². The number of likely N-dealkylation sites (N-methyl/N-ethyl adjacent to an activating group) is 1. The van der Waals surface area contributed by atoms with Crippen LogP contribution in [-0.2, 0) is 14.3 Å². The van der Waals surface area contributed by atoms with E-state index in [9.17, 15) is 4.79 Å². The molecule has 0 N–H and O–H groups in total. The van der Waals surface area contributed by atoms with Crippen molar-refractivity contribution in [1.82, 2.24) is 4.90 Å². The smallest absolute Gasteiger partial charge is 0.306 e. The summed E-state index contributed by atoms with van der Waals surface area (Å²) in [4.78, 5) is 13.3. The highest BCUT2D eigenvalue weighted by Crippen LogP contribution is 2.43. The molecular weight excluding hydrogens is 230 g/mol. The van der Waals surface area contributed by atoms with Crippen LogP contribution in [0.3, 0.4) is 0 Å². The predicted octanol–water partition coefficient (Wildman–Crippen LogP) is 1.97. The van der Waals surface area contributed by atoms with Gasteiger partial charge in [-0.05, 0) is 32.7 Å². The SMILES string of the molecule is COC(=O)CCN(C)CC1CCC2(CCCC2)O1. The van der Waals surface area contributed by atoms with Gasteiger partial charge in [-0.3, -0.25) is 4.79 Å². The average Bonchev–Trinajstić information content (AvgIpc) is 2.97. The Morgan fingerprint density at radius 3 is 2.78 bits per heavy atom. The number of hydrogen-bond donors (Lipinski definition) is 0. The largest absolute Gasteiger partial charge is 0.469 e. The van der Waals surface area contributed by atoms with E-state index in [0.717, 1.165) is 13.1 Å². The molecule has 0 radical (unpaired) electrons. The van der Waals surface area contributed by atoms with Crippen molar-refractivity contribution in [2.75, 3.05) is 27.2 Å². The molecule has 1 unspecified atom stereocenters. The van der Waals surface area contributed by atoms with Crippen LogP contribution in [0.4, 0.5) is 0 Å². The third-order valence-electron chi connectivity index (χ3n) is 4.29. The Morgan fingerprint density at radius 1 is 1.39 bits per heavy atom. The lowest BCUT2D eigenvalue weighted by Crippen LogP contribution is -2.33. The number of carbonyl (C=O) groups is 1. The molecule has 0 amide bonds. The number of nitrogens with zero attached hydrogens (tertiary/aromatic N) is 1. The fourth-order valence-electron chi connectivity index (χ4n) is 3.23. The van der Waals surface area contributed by atoms with Crippen LogP contribution in [0.15, 0.2) is 0 Å². The molecule has 4 nitrogen and oxygen atoms in total. The van der Waals surface area contributed by atoms with Crippen LogP contribution in [0.2, 0.25) is 0 Å². The first-order valence-electron chi connectivity index (χ1n) is 7.07. The zero-order chi connectivity index (χ0) is 13.0. The molecule has 1 aliphatic carbocycles. The summed E-state index contributed by atoms with van der Waals surface area (Å²) in [5.74, 6) is -0.138. The fourth-order valence-corrected chi connectivity index (χ4v) is 3.23. The number of hydrogen-bond acceptors (Lipinski definition) is 4. The van der Waals surface area contributed by atoms with Crippen molar-refractivity contribution in [3.05, 3.63) is 0 Å². The fraction of sp³-hybridized carbons (Fsp3) is 0.929. The molecule has 2 aliphatic rings. The van der Waals surface area contributed by atoms with Gasteiger partial charge in [0.25, 0.3) is 0 Å². The lowest BCUT2D eigenvalue weighted by Gasteiger charge is -2.26. The molecule has 4 heteroatoms. The minimum atomic E-state index is -0.138. The van der Waals surface area contributed by atoms with Crippen molar-refractivity contribution in [3.63, 3.8) is 0 Å². The Morgan fingerprint density at radius 2 is 2.11 bits per heavy atom. The molecule has 2 rings (SSSR count). The van der Waals surface area contributed by atoms with Crippen LogP contribution >= 0.6 is 0 Å². The monoisotopic (exact) mass is 255 g/mol. The van der Waals surface area contributed by atoms with Gasteiger partial charge in [0.05, 0.1) is 25.2 Å². The molecule has 1 atom stereocenters. The summed E-state index contributed by atoms with van der Waals surface area (Å²) < 4.78 is 10.9. The number of rotatable bonds is 5. The summed E-state index contributed by atoms with van der Waals surface area (Å²) in [7, 11) is 3.48. The van der Waals surface area contributed by atoms with Gasteiger partial charge in [-0.25, -0.2) is 0 Å². The van der Waals surface area contributed by atoms with Gasteiger partial charge in [0.2, 0.25) is 0 Å².